The van der Waals surface area contributed by atoms with E-state index in [1.807, 2.05) is 0 Å². The third-order valence-electron chi connectivity index (χ3n) is 5.05. The second kappa shape index (κ2) is 4.10. The quantitative estimate of drug-likeness (QED) is 0.748. The molecule has 0 amide bonds. The van der Waals surface area contributed by atoms with Crippen molar-refractivity contribution in [2.45, 2.75) is 64.0 Å². The SMILES string of the molecule is Cc1ccccc1C1CC1B1OC(C)(C)C(C)(C)O1. The number of aryl methyl sites for hydroxylation is 1. The third kappa shape index (κ3) is 2.13. The van der Waals surface area contributed by atoms with Crippen molar-refractivity contribution in [3.8, 4) is 0 Å². The van der Waals surface area contributed by atoms with Crippen LogP contribution in [0.15, 0.2) is 24.3 Å². The Hall–Kier alpha value is -0.795. The summed E-state index contributed by atoms with van der Waals surface area (Å²) in [5.74, 6) is 1.12. The minimum Gasteiger partial charge on any atom is -0.403 e. The molecule has 1 heterocycles. The van der Waals surface area contributed by atoms with Crippen molar-refractivity contribution in [3.05, 3.63) is 35.4 Å². The maximum Gasteiger partial charge on any atom is 0.461 e. The van der Waals surface area contributed by atoms with Crippen molar-refractivity contribution in [1.82, 2.24) is 0 Å². The van der Waals surface area contributed by atoms with E-state index >= 15 is 0 Å². The third-order valence-corrected chi connectivity index (χ3v) is 5.05. The van der Waals surface area contributed by atoms with Gasteiger partial charge >= 0.3 is 7.12 Å². The Kier molecular flexibility index (Phi) is 2.85. The molecule has 102 valence electrons. The van der Waals surface area contributed by atoms with Gasteiger partial charge in [-0.15, -0.1) is 0 Å². The largest absolute Gasteiger partial charge is 0.461 e. The zero-order chi connectivity index (χ0) is 13.8. The second-order valence-corrected chi connectivity index (χ2v) is 6.99. The van der Waals surface area contributed by atoms with Crippen molar-refractivity contribution in [1.29, 1.82) is 0 Å². The summed E-state index contributed by atoms with van der Waals surface area (Å²) in [6, 6.07) is 8.66. The van der Waals surface area contributed by atoms with Gasteiger partial charge < -0.3 is 9.31 Å². The van der Waals surface area contributed by atoms with Gasteiger partial charge in [-0.3, -0.25) is 0 Å². The van der Waals surface area contributed by atoms with Gasteiger partial charge in [0.1, 0.15) is 0 Å². The fraction of sp³-hybridized carbons (Fsp3) is 0.625. The Balaban J connectivity index is 1.74. The van der Waals surface area contributed by atoms with Gasteiger partial charge in [-0.05, 0) is 58.1 Å². The molecule has 0 spiro atoms. The molecule has 3 rings (SSSR count). The van der Waals surface area contributed by atoms with Crippen molar-refractivity contribution in [2.75, 3.05) is 0 Å². The van der Waals surface area contributed by atoms with E-state index in [4.69, 9.17) is 9.31 Å². The molecule has 0 bridgehead atoms. The summed E-state index contributed by atoms with van der Waals surface area (Å²) in [5.41, 5.74) is 2.42. The second-order valence-electron chi connectivity index (χ2n) is 6.99. The lowest BCUT2D eigenvalue weighted by molar-refractivity contribution is 0.00578. The fourth-order valence-corrected chi connectivity index (χ4v) is 2.94. The van der Waals surface area contributed by atoms with Crippen LogP contribution in [0.4, 0.5) is 0 Å². The van der Waals surface area contributed by atoms with E-state index in [0.717, 1.165) is 0 Å². The summed E-state index contributed by atoms with van der Waals surface area (Å²) in [6.45, 7) is 10.7. The highest BCUT2D eigenvalue weighted by molar-refractivity contribution is 6.49. The molecule has 19 heavy (non-hydrogen) atoms. The van der Waals surface area contributed by atoms with E-state index in [9.17, 15) is 0 Å². The molecule has 2 nitrogen and oxygen atoms in total. The summed E-state index contributed by atoms with van der Waals surface area (Å²) < 4.78 is 12.3. The fourth-order valence-electron chi connectivity index (χ4n) is 2.94. The Morgan fingerprint density at radius 3 is 2.21 bits per heavy atom. The summed E-state index contributed by atoms with van der Waals surface area (Å²) in [4.78, 5) is 0. The number of benzene rings is 1. The van der Waals surface area contributed by atoms with Gasteiger partial charge in [-0.1, -0.05) is 24.3 Å². The van der Waals surface area contributed by atoms with E-state index in [-0.39, 0.29) is 18.3 Å². The molecule has 2 atom stereocenters. The molecule has 2 aliphatic rings. The van der Waals surface area contributed by atoms with Gasteiger partial charge in [-0.25, -0.2) is 0 Å². The summed E-state index contributed by atoms with van der Waals surface area (Å²) in [6.07, 6.45) is 1.18. The molecular weight excluding hydrogens is 235 g/mol. The van der Waals surface area contributed by atoms with Crippen LogP contribution in [0.1, 0.15) is 51.2 Å². The molecule has 1 aromatic rings. The normalized spacial score (nSPS) is 31.5. The monoisotopic (exact) mass is 258 g/mol. The Morgan fingerprint density at radius 2 is 1.63 bits per heavy atom. The molecule has 1 saturated carbocycles. The van der Waals surface area contributed by atoms with E-state index in [1.54, 1.807) is 0 Å². The van der Waals surface area contributed by atoms with Gasteiger partial charge in [-0.2, -0.15) is 0 Å². The zero-order valence-electron chi connectivity index (χ0n) is 12.6. The van der Waals surface area contributed by atoms with Crippen LogP contribution in [0.25, 0.3) is 0 Å². The predicted molar refractivity (Wildman–Crippen MR) is 78.4 cm³/mol. The van der Waals surface area contributed by atoms with Crippen molar-refractivity contribution >= 4 is 7.12 Å². The van der Waals surface area contributed by atoms with Crippen LogP contribution in [-0.2, 0) is 9.31 Å². The molecule has 1 aliphatic heterocycles. The standard InChI is InChI=1S/C16H23BO2/c1-11-8-6-7-9-12(11)13-10-14(13)17-18-15(2,3)16(4,5)19-17/h6-9,13-14H,10H2,1-5H3. The lowest BCUT2D eigenvalue weighted by atomic mass is 9.79. The molecule has 0 N–H and O–H groups in total. The highest BCUT2D eigenvalue weighted by atomic mass is 16.7. The molecule has 1 aliphatic carbocycles. The summed E-state index contributed by atoms with van der Waals surface area (Å²) in [5, 5.41) is 0. The lowest BCUT2D eigenvalue weighted by Gasteiger charge is -2.32. The first-order valence-corrected chi connectivity index (χ1v) is 7.23. The molecule has 2 unspecified atom stereocenters. The lowest BCUT2D eigenvalue weighted by Crippen LogP contribution is -2.41. The van der Waals surface area contributed by atoms with E-state index in [2.05, 4.69) is 58.9 Å². The molecular formula is C16H23BO2. The smallest absolute Gasteiger partial charge is 0.403 e. The van der Waals surface area contributed by atoms with E-state index in [0.29, 0.717) is 11.7 Å². The van der Waals surface area contributed by atoms with Crippen LogP contribution in [0.2, 0.25) is 5.82 Å². The number of rotatable bonds is 2. The molecule has 3 heteroatoms. The Bertz CT molecular complexity index is 479. The predicted octanol–water partition coefficient (Wildman–Crippen LogP) is 3.94. The Morgan fingerprint density at radius 1 is 1.05 bits per heavy atom. The van der Waals surface area contributed by atoms with Crippen molar-refractivity contribution in [2.24, 2.45) is 0 Å². The van der Waals surface area contributed by atoms with Gasteiger partial charge in [0, 0.05) is 5.82 Å². The van der Waals surface area contributed by atoms with Crippen LogP contribution in [-0.4, -0.2) is 18.3 Å². The topological polar surface area (TPSA) is 18.5 Å². The molecule has 2 fully saturated rings. The van der Waals surface area contributed by atoms with Crippen LogP contribution in [0.3, 0.4) is 0 Å². The van der Waals surface area contributed by atoms with Crippen molar-refractivity contribution < 1.29 is 9.31 Å². The van der Waals surface area contributed by atoms with Gasteiger partial charge in [0.05, 0.1) is 11.2 Å². The van der Waals surface area contributed by atoms with Gasteiger partial charge in [0.2, 0.25) is 0 Å². The average molecular weight is 258 g/mol. The van der Waals surface area contributed by atoms with E-state index < -0.39 is 0 Å². The first-order valence-electron chi connectivity index (χ1n) is 7.23. The summed E-state index contributed by atoms with van der Waals surface area (Å²) >= 11 is 0. The van der Waals surface area contributed by atoms with Crippen LogP contribution >= 0.6 is 0 Å². The molecule has 0 radical (unpaired) electrons. The first kappa shape index (κ1) is 13.2. The highest BCUT2D eigenvalue weighted by Crippen LogP contribution is 2.58. The Labute approximate surface area is 116 Å². The zero-order valence-corrected chi connectivity index (χ0v) is 12.6. The van der Waals surface area contributed by atoms with Crippen LogP contribution < -0.4 is 0 Å². The number of hydrogen-bond acceptors (Lipinski definition) is 2. The minimum atomic E-state index is -0.212. The van der Waals surface area contributed by atoms with Crippen LogP contribution in [0, 0.1) is 6.92 Å². The summed E-state index contributed by atoms with van der Waals surface area (Å²) in [7, 11) is -0.0467. The maximum atomic E-state index is 6.16. The molecule has 0 aromatic heterocycles. The van der Waals surface area contributed by atoms with Gasteiger partial charge in [0.25, 0.3) is 0 Å². The minimum absolute atomic E-state index is 0.0467. The molecule has 1 aromatic carbocycles. The first-order chi connectivity index (χ1) is 8.82. The van der Waals surface area contributed by atoms with E-state index in [1.165, 1.54) is 17.5 Å². The highest BCUT2D eigenvalue weighted by Gasteiger charge is 2.59. The van der Waals surface area contributed by atoms with Gasteiger partial charge in [0.15, 0.2) is 0 Å². The average Bonchev–Trinajstić information content (AvgIpc) is 3.03. The van der Waals surface area contributed by atoms with Crippen molar-refractivity contribution in [3.63, 3.8) is 0 Å². The van der Waals surface area contributed by atoms with Crippen LogP contribution in [0.5, 0.6) is 0 Å². The number of hydrogen-bond donors (Lipinski definition) is 0. The maximum absolute atomic E-state index is 6.16. The molecule has 1 saturated heterocycles.